The fraction of sp³-hybridized carbons (Fsp3) is 0.615. The average Bonchev–Trinajstić information content (AvgIpc) is 2.72. The van der Waals surface area contributed by atoms with Gasteiger partial charge >= 0.3 is 0 Å². The molecule has 0 aliphatic rings. The maximum absolute atomic E-state index is 12.1. The Hall–Kier alpha value is -0.920. The van der Waals surface area contributed by atoms with Crippen molar-refractivity contribution in [2.75, 3.05) is 37.6 Å². The second-order valence-corrected chi connectivity index (χ2v) is 6.30. The summed E-state index contributed by atoms with van der Waals surface area (Å²) in [6.45, 7) is 5.31. The largest absolute Gasteiger partial charge is 0.396 e. The number of carbonyl (C=O) groups excluding carboxylic acids is 1. The van der Waals surface area contributed by atoms with E-state index in [9.17, 15) is 4.79 Å². The van der Waals surface area contributed by atoms with Crippen LogP contribution in [0.15, 0.2) is 4.90 Å². The number of hydrogen-bond donors (Lipinski definition) is 3. The first-order valence-electron chi connectivity index (χ1n) is 6.55. The first-order valence-corrected chi connectivity index (χ1v) is 8.59. The highest BCUT2D eigenvalue weighted by molar-refractivity contribution is 7.99. The fourth-order valence-electron chi connectivity index (χ4n) is 1.73. The molecule has 0 aliphatic heterocycles. The summed E-state index contributed by atoms with van der Waals surface area (Å²) in [5, 5.41) is 7.14. The molecule has 5 nitrogen and oxygen atoms in total. The van der Waals surface area contributed by atoms with Crippen molar-refractivity contribution in [3.63, 3.8) is 0 Å². The number of thiophene rings is 1. The number of thioether (sulfide) groups is 1. The van der Waals surface area contributed by atoms with E-state index in [1.165, 1.54) is 11.3 Å². The lowest BCUT2D eigenvalue weighted by Crippen LogP contribution is -2.23. The molecule has 0 saturated carbocycles. The summed E-state index contributed by atoms with van der Waals surface area (Å²) < 4.78 is 5.11. The van der Waals surface area contributed by atoms with Crippen LogP contribution in [0, 0.1) is 0 Å². The van der Waals surface area contributed by atoms with Crippen molar-refractivity contribution in [2.24, 2.45) is 0 Å². The average molecular weight is 317 g/mol. The first-order chi connectivity index (χ1) is 9.54. The van der Waals surface area contributed by atoms with Gasteiger partial charge in [-0.05, 0) is 19.6 Å². The molecule has 0 fully saturated rings. The Labute approximate surface area is 128 Å². The molecule has 0 aliphatic carbocycles. The van der Waals surface area contributed by atoms with Gasteiger partial charge in [-0.25, -0.2) is 0 Å². The quantitative estimate of drug-likeness (QED) is 0.643. The number of rotatable bonds is 8. The fourth-order valence-corrected chi connectivity index (χ4v) is 3.78. The first kappa shape index (κ1) is 17.1. The van der Waals surface area contributed by atoms with E-state index in [1.54, 1.807) is 18.9 Å². The molecule has 1 amide bonds. The molecular weight excluding hydrogens is 294 g/mol. The molecule has 20 heavy (non-hydrogen) atoms. The number of hydrogen-bond acceptors (Lipinski definition) is 6. The summed E-state index contributed by atoms with van der Waals surface area (Å²) in [7, 11) is 1.67. The van der Waals surface area contributed by atoms with Gasteiger partial charge in [0.2, 0.25) is 0 Å². The second-order valence-electron chi connectivity index (χ2n) is 4.46. The van der Waals surface area contributed by atoms with Crippen molar-refractivity contribution in [1.82, 2.24) is 5.32 Å². The Morgan fingerprint density at radius 1 is 1.55 bits per heavy atom. The monoisotopic (exact) mass is 317 g/mol. The molecule has 4 N–H and O–H groups in total. The molecule has 1 heterocycles. The lowest BCUT2D eigenvalue weighted by molar-refractivity contribution is 0.0958. The third kappa shape index (κ3) is 4.29. The van der Waals surface area contributed by atoms with Gasteiger partial charge in [-0.2, -0.15) is 0 Å². The smallest absolute Gasteiger partial charge is 0.263 e. The molecule has 1 aromatic rings. The van der Waals surface area contributed by atoms with E-state index >= 15 is 0 Å². The van der Waals surface area contributed by atoms with Crippen LogP contribution in [0.5, 0.6) is 0 Å². The predicted molar refractivity (Wildman–Crippen MR) is 88.1 cm³/mol. The summed E-state index contributed by atoms with van der Waals surface area (Å²) in [5.41, 5.74) is 6.65. The topological polar surface area (TPSA) is 76.4 Å². The van der Waals surface area contributed by atoms with Crippen LogP contribution in [0.1, 0.15) is 29.9 Å². The Balaban J connectivity index is 2.93. The van der Waals surface area contributed by atoms with Gasteiger partial charge in [0, 0.05) is 19.7 Å². The summed E-state index contributed by atoms with van der Waals surface area (Å²) in [4.78, 5) is 13.6. The summed E-state index contributed by atoms with van der Waals surface area (Å²) >= 11 is 2.95. The van der Waals surface area contributed by atoms with Crippen molar-refractivity contribution in [3.05, 3.63) is 4.88 Å². The van der Waals surface area contributed by atoms with E-state index in [4.69, 9.17) is 10.5 Å². The second kappa shape index (κ2) is 8.39. The molecule has 0 aromatic carbocycles. The van der Waals surface area contributed by atoms with Crippen molar-refractivity contribution >= 4 is 39.7 Å². The highest BCUT2D eigenvalue weighted by Gasteiger charge is 2.21. The molecular formula is C13H23N3O2S2. The molecule has 1 unspecified atom stereocenters. The van der Waals surface area contributed by atoms with Crippen molar-refractivity contribution < 1.29 is 9.53 Å². The molecule has 114 valence electrons. The SMILES string of the molecule is CCCNC(=O)c1sc(NC(C)COC)c(SC)c1N. The molecule has 7 heteroatoms. The van der Waals surface area contributed by atoms with E-state index in [2.05, 4.69) is 10.6 Å². The third-order valence-corrected chi connectivity index (χ3v) is 4.74. The van der Waals surface area contributed by atoms with Crippen LogP contribution in [-0.2, 0) is 4.74 Å². The van der Waals surface area contributed by atoms with Gasteiger partial charge in [0.1, 0.15) is 9.88 Å². The Kier molecular flexibility index (Phi) is 7.18. The molecule has 1 aromatic heterocycles. The number of nitrogens with two attached hydrogens (primary N) is 1. The Bertz CT molecular complexity index is 449. The van der Waals surface area contributed by atoms with Crippen LogP contribution in [0.4, 0.5) is 10.7 Å². The molecule has 1 atom stereocenters. The van der Waals surface area contributed by atoms with Crippen LogP contribution >= 0.6 is 23.1 Å². The molecule has 0 saturated heterocycles. The minimum atomic E-state index is -0.0999. The van der Waals surface area contributed by atoms with E-state index in [0.29, 0.717) is 23.7 Å². The highest BCUT2D eigenvalue weighted by atomic mass is 32.2. The summed E-state index contributed by atoms with van der Waals surface area (Å²) in [5.74, 6) is -0.0999. The number of anilines is 2. The number of carbonyl (C=O) groups is 1. The van der Waals surface area contributed by atoms with Gasteiger partial charge in [-0.15, -0.1) is 23.1 Å². The molecule has 0 bridgehead atoms. The van der Waals surface area contributed by atoms with Gasteiger partial charge in [-0.3, -0.25) is 4.79 Å². The van der Waals surface area contributed by atoms with Crippen LogP contribution in [0.2, 0.25) is 0 Å². The zero-order valence-electron chi connectivity index (χ0n) is 12.4. The maximum atomic E-state index is 12.1. The van der Waals surface area contributed by atoms with Crippen molar-refractivity contribution in [1.29, 1.82) is 0 Å². The van der Waals surface area contributed by atoms with E-state index < -0.39 is 0 Å². The van der Waals surface area contributed by atoms with Crippen LogP contribution in [0.25, 0.3) is 0 Å². The summed E-state index contributed by atoms with van der Waals surface area (Å²) in [6, 6.07) is 0.163. The van der Waals surface area contributed by atoms with Crippen molar-refractivity contribution in [2.45, 2.75) is 31.2 Å². The standard InChI is InChI=1S/C13H23N3O2S2/c1-5-6-15-12(17)10-9(14)11(19-4)13(20-10)16-8(2)7-18-3/h8,16H,5-7,14H2,1-4H3,(H,15,17). The molecule has 1 rings (SSSR count). The van der Waals surface area contributed by atoms with Crippen molar-refractivity contribution in [3.8, 4) is 0 Å². The predicted octanol–water partition coefficient (Wildman–Crippen LogP) is 2.64. The van der Waals surface area contributed by atoms with Gasteiger partial charge in [-0.1, -0.05) is 6.92 Å². The van der Waals surface area contributed by atoms with Gasteiger partial charge in [0.15, 0.2) is 0 Å². The molecule has 0 spiro atoms. The van der Waals surface area contributed by atoms with Crippen LogP contribution in [-0.4, -0.2) is 38.5 Å². The normalized spacial score (nSPS) is 12.2. The molecule has 0 radical (unpaired) electrons. The van der Waals surface area contributed by atoms with E-state index in [0.717, 1.165) is 16.3 Å². The van der Waals surface area contributed by atoms with Gasteiger partial charge in [0.05, 0.1) is 17.2 Å². The number of methoxy groups -OCH3 is 1. The minimum Gasteiger partial charge on any atom is -0.396 e. The maximum Gasteiger partial charge on any atom is 0.263 e. The number of ether oxygens (including phenoxy) is 1. The van der Waals surface area contributed by atoms with E-state index in [-0.39, 0.29) is 11.9 Å². The zero-order chi connectivity index (χ0) is 15.1. The minimum absolute atomic E-state index is 0.0999. The Morgan fingerprint density at radius 3 is 2.80 bits per heavy atom. The van der Waals surface area contributed by atoms with Crippen LogP contribution in [0.3, 0.4) is 0 Å². The van der Waals surface area contributed by atoms with Gasteiger partial charge < -0.3 is 21.1 Å². The van der Waals surface area contributed by atoms with Gasteiger partial charge in [0.25, 0.3) is 5.91 Å². The number of nitrogen functional groups attached to an aromatic ring is 1. The number of amides is 1. The summed E-state index contributed by atoms with van der Waals surface area (Å²) in [6.07, 6.45) is 2.86. The Morgan fingerprint density at radius 2 is 2.25 bits per heavy atom. The lowest BCUT2D eigenvalue weighted by Gasteiger charge is -2.13. The lowest BCUT2D eigenvalue weighted by atomic mass is 10.3. The highest BCUT2D eigenvalue weighted by Crippen LogP contribution is 2.41. The van der Waals surface area contributed by atoms with E-state index in [1.807, 2.05) is 20.1 Å². The number of nitrogens with one attached hydrogen (secondary N) is 2. The zero-order valence-corrected chi connectivity index (χ0v) is 14.0. The van der Waals surface area contributed by atoms with Crippen LogP contribution < -0.4 is 16.4 Å². The third-order valence-electron chi connectivity index (χ3n) is 2.64.